The summed E-state index contributed by atoms with van der Waals surface area (Å²) < 4.78 is 5.72. The van der Waals surface area contributed by atoms with Gasteiger partial charge in [-0.2, -0.15) is 0 Å². The van der Waals surface area contributed by atoms with Crippen LogP contribution < -0.4 is 15.0 Å². The number of hydrogen-bond acceptors (Lipinski definition) is 3. The highest BCUT2D eigenvalue weighted by Gasteiger charge is 2.34. The standard InChI is InChI=1S/C16H22N2O3/c1-5-13-16(20)18(9-15(19)17-10(2)3)12-8-11(4)6-7-14(12)21-13/h6-8,10,13H,5,9H2,1-4H3,(H,17,19). The number of ether oxygens (including phenoxy) is 1. The Morgan fingerprint density at radius 1 is 1.43 bits per heavy atom. The van der Waals surface area contributed by atoms with Crippen molar-refractivity contribution in [1.82, 2.24) is 5.32 Å². The molecule has 1 aliphatic rings. The Bertz CT molecular complexity index is 554. The maximum absolute atomic E-state index is 12.5. The molecule has 1 N–H and O–H groups in total. The molecule has 1 unspecified atom stereocenters. The molecule has 21 heavy (non-hydrogen) atoms. The third kappa shape index (κ3) is 3.35. The van der Waals surface area contributed by atoms with Crippen molar-refractivity contribution in [2.75, 3.05) is 11.4 Å². The smallest absolute Gasteiger partial charge is 0.268 e. The van der Waals surface area contributed by atoms with Gasteiger partial charge in [-0.05, 0) is 44.9 Å². The number of nitrogens with one attached hydrogen (secondary N) is 1. The number of aryl methyl sites for hydroxylation is 1. The van der Waals surface area contributed by atoms with Crippen LogP contribution in [0.5, 0.6) is 5.75 Å². The highest BCUT2D eigenvalue weighted by atomic mass is 16.5. The Kier molecular flexibility index (Phi) is 4.50. The maximum Gasteiger partial charge on any atom is 0.268 e. The van der Waals surface area contributed by atoms with E-state index in [1.165, 1.54) is 4.90 Å². The Hall–Kier alpha value is -2.04. The minimum absolute atomic E-state index is 0.0212. The summed E-state index contributed by atoms with van der Waals surface area (Å²) in [6, 6.07) is 5.72. The number of hydrogen-bond donors (Lipinski definition) is 1. The number of carbonyl (C=O) groups excluding carboxylic acids is 2. The Morgan fingerprint density at radius 2 is 2.14 bits per heavy atom. The molecule has 0 radical (unpaired) electrons. The summed E-state index contributed by atoms with van der Waals surface area (Å²) in [7, 11) is 0. The van der Waals surface area contributed by atoms with Gasteiger partial charge in [0.25, 0.3) is 5.91 Å². The van der Waals surface area contributed by atoms with E-state index in [9.17, 15) is 9.59 Å². The summed E-state index contributed by atoms with van der Waals surface area (Å²) in [4.78, 5) is 26.0. The average Bonchev–Trinajstić information content (AvgIpc) is 2.41. The van der Waals surface area contributed by atoms with Crippen molar-refractivity contribution < 1.29 is 14.3 Å². The minimum Gasteiger partial charge on any atom is -0.478 e. The van der Waals surface area contributed by atoms with E-state index in [0.29, 0.717) is 17.9 Å². The van der Waals surface area contributed by atoms with Gasteiger partial charge in [-0.1, -0.05) is 13.0 Å². The molecule has 0 saturated carbocycles. The fraction of sp³-hybridized carbons (Fsp3) is 0.500. The molecule has 0 fully saturated rings. The topological polar surface area (TPSA) is 58.6 Å². The van der Waals surface area contributed by atoms with Crippen molar-refractivity contribution in [3.05, 3.63) is 23.8 Å². The number of benzene rings is 1. The molecule has 1 aromatic rings. The van der Waals surface area contributed by atoms with E-state index >= 15 is 0 Å². The quantitative estimate of drug-likeness (QED) is 0.923. The van der Waals surface area contributed by atoms with Gasteiger partial charge < -0.3 is 10.1 Å². The second kappa shape index (κ2) is 6.16. The lowest BCUT2D eigenvalue weighted by Gasteiger charge is -2.34. The SMILES string of the molecule is CCC1Oc2ccc(C)cc2N(CC(=O)NC(C)C)C1=O. The molecule has 0 aliphatic carbocycles. The predicted octanol–water partition coefficient (Wildman–Crippen LogP) is 2.02. The van der Waals surface area contributed by atoms with Crippen LogP contribution in [0.1, 0.15) is 32.8 Å². The highest BCUT2D eigenvalue weighted by Crippen LogP contribution is 2.35. The predicted molar refractivity (Wildman–Crippen MR) is 81.5 cm³/mol. The van der Waals surface area contributed by atoms with Gasteiger partial charge in [0.1, 0.15) is 12.3 Å². The van der Waals surface area contributed by atoms with E-state index in [-0.39, 0.29) is 24.4 Å². The van der Waals surface area contributed by atoms with Crippen LogP contribution in [0.2, 0.25) is 0 Å². The lowest BCUT2D eigenvalue weighted by atomic mass is 10.1. The molecule has 2 amide bonds. The molecule has 1 heterocycles. The highest BCUT2D eigenvalue weighted by molar-refractivity contribution is 6.03. The van der Waals surface area contributed by atoms with Crippen molar-refractivity contribution in [2.24, 2.45) is 0 Å². The molecule has 0 bridgehead atoms. The monoisotopic (exact) mass is 290 g/mol. The second-order valence-electron chi connectivity index (χ2n) is 5.63. The first-order valence-electron chi connectivity index (χ1n) is 7.30. The first-order chi connectivity index (χ1) is 9.92. The van der Waals surface area contributed by atoms with Crippen molar-refractivity contribution >= 4 is 17.5 Å². The van der Waals surface area contributed by atoms with E-state index in [1.54, 1.807) is 0 Å². The molecule has 2 rings (SSSR count). The number of nitrogens with zero attached hydrogens (tertiary/aromatic N) is 1. The summed E-state index contributed by atoms with van der Waals surface area (Å²) in [5.74, 6) is 0.335. The molecule has 0 spiro atoms. The van der Waals surface area contributed by atoms with Crippen molar-refractivity contribution in [2.45, 2.75) is 46.3 Å². The van der Waals surface area contributed by atoms with Crippen LogP contribution >= 0.6 is 0 Å². The number of amides is 2. The van der Waals surface area contributed by atoms with E-state index in [1.807, 2.05) is 45.9 Å². The zero-order valence-corrected chi connectivity index (χ0v) is 13.0. The molecule has 0 aromatic heterocycles. The Labute approximate surface area is 125 Å². The van der Waals surface area contributed by atoms with Gasteiger partial charge in [0.05, 0.1) is 5.69 Å². The summed E-state index contributed by atoms with van der Waals surface area (Å²) >= 11 is 0. The van der Waals surface area contributed by atoms with Gasteiger partial charge in [0.2, 0.25) is 5.91 Å². The molecular weight excluding hydrogens is 268 g/mol. The fourth-order valence-electron chi connectivity index (χ4n) is 2.37. The van der Waals surface area contributed by atoms with Gasteiger partial charge >= 0.3 is 0 Å². The van der Waals surface area contributed by atoms with Crippen LogP contribution in [0.15, 0.2) is 18.2 Å². The minimum atomic E-state index is -0.521. The Morgan fingerprint density at radius 3 is 2.76 bits per heavy atom. The van der Waals surface area contributed by atoms with Gasteiger partial charge in [-0.3, -0.25) is 14.5 Å². The zero-order valence-electron chi connectivity index (χ0n) is 13.0. The summed E-state index contributed by atoms with van der Waals surface area (Å²) in [6.07, 6.45) is 0.0566. The normalized spacial score (nSPS) is 17.5. The number of fused-ring (bicyclic) bond motifs is 1. The van der Waals surface area contributed by atoms with E-state index in [0.717, 1.165) is 5.56 Å². The van der Waals surface area contributed by atoms with Crippen LogP contribution in [-0.4, -0.2) is 30.5 Å². The molecular formula is C16H22N2O3. The lowest BCUT2D eigenvalue weighted by Crippen LogP contribution is -2.50. The summed E-state index contributed by atoms with van der Waals surface area (Å²) in [5, 5.41) is 2.82. The number of anilines is 1. The van der Waals surface area contributed by atoms with Crippen LogP contribution in [0.3, 0.4) is 0 Å². The van der Waals surface area contributed by atoms with Crippen molar-refractivity contribution in [3.63, 3.8) is 0 Å². The number of carbonyl (C=O) groups is 2. The van der Waals surface area contributed by atoms with Crippen LogP contribution in [0.4, 0.5) is 5.69 Å². The third-order valence-electron chi connectivity index (χ3n) is 3.34. The molecule has 5 nitrogen and oxygen atoms in total. The first kappa shape index (κ1) is 15.4. The maximum atomic E-state index is 12.5. The van der Waals surface area contributed by atoms with Crippen molar-refractivity contribution in [3.8, 4) is 5.75 Å². The molecule has 1 aromatic carbocycles. The van der Waals surface area contributed by atoms with E-state index in [4.69, 9.17) is 4.74 Å². The third-order valence-corrected chi connectivity index (χ3v) is 3.34. The van der Waals surface area contributed by atoms with Gasteiger partial charge in [0.15, 0.2) is 6.10 Å². The largest absolute Gasteiger partial charge is 0.478 e. The molecule has 5 heteroatoms. The average molecular weight is 290 g/mol. The van der Waals surface area contributed by atoms with Gasteiger partial charge in [0, 0.05) is 6.04 Å². The summed E-state index contributed by atoms with van der Waals surface area (Å²) in [6.45, 7) is 7.66. The molecule has 0 saturated heterocycles. The Balaban J connectivity index is 2.31. The lowest BCUT2D eigenvalue weighted by molar-refractivity contribution is -0.129. The van der Waals surface area contributed by atoms with E-state index in [2.05, 4.69) is 5.32 Å². The first-order valence-corrected chi connectivity index (χ1v) is 7.30. The van der Waals surface area contributed by atoms with Crippen LogP contribution in [0, 0.1) is 6.92 Å². The van der Waals surface area contributed by atoms with Crippen LogP contribution in [0.25, 0.3) is 0 Å². The fourth-order valence-corrected chi connectivity index (χ4v) is 2.37. The second-order valence-corrected chi connectivity index (χ2v) is 5.63. The van der Waals surface area contributed by atoms with Crippen molar-refractivity contribution in [1.29, 1.82) is 0 Å². The zero-order chi connectivity index (χ0) is 15.6. The molecule has 1 atom stereocenters. The molecule has 114 valence electrons. The van der Waals surface area contributed by atoms with Crippen LogP contribution in [-0.2, 0) is 9.59 Å². The van der Waals surface area contributed by atoms with Gasteiger partial charge in [-0.15, -0.1) is 0 Å². The number of rotatable bonds is 4. The summed E-state index contributed by atoms with van der Waals surface area (Å²) in [5.41, 5.74) is 1.69. The van der Waals surface area contributed by atoms with Gasteiger partial charge in [-0.25, -0.2) is 0 Å². The molecule has 1 aliphatic heterocycles. The van der Waals surface area contributed by atoms with E-state index < -0.39 is 6.10 Å².